The number of nitrogens with zero attached hydrogens (tertiary/aromatic N) is 1. The van der Waals surface area contributed by atoms with E-state index in [9.17, 15) is 9.90 Å². The van der Waals surface area contributed by atoms with E-state index in [1.165, 1.54) is 6.20 Å². The first-order valence-corrected chi connectivity index (χ1v) is 5.08. The van der Waals surface area contributed by atoms with E-state index in [1.807, 2.05) is 6.07 Å². The minimum atomic E-state index is -1.03. The number of hydrogen-bond acceptors (Lipinski definition) is 3. The fourth-order valence-corrected chi connectivity index (χ4v) is 1.60. The van der Waals surface area contributed by atoms with Crippen molar-refractivity contribution in [3.05, 3.63) is 48.7 Å². The molecule has 2 aromatic rings. The van der Waals surface area contributed by atoms with Gasteiger partial charge in [-0.05, 0) is 6.07 Å². The summed E-state index contributed by atoms with van der Waals surface area (Å²) >= 11 is 0. The predicted molar refractivity (Wildman–Crippen MR) is 64.4 cm³/mol. The fourth-order valence-electron chi connectivity index (χ4n) is 1.60. The van der Waals surface area contributed by atoms with Gasteiger partial charge in [0, 0.05) is 5.39 Å². The van der Waals surface area contributed by atoms with Crippen molar-refractivity contribution in [1.29, 1.82) is 0 Å². The van der Waals surface area contributed by atoms with E-state index in [2.05, 4.69) is 11.6 Å². The number of carbonyl (C=O) groups is 1. The lowest BCUT2D eigenvalue weighted by Crippen LogP contribution is -2.05. The first kappa shape index (κ1) is 11.1. The molecule has 0 unspecified atom stereocenters. The van der Waals surface area contributed by atoms with Crippen LogP contribution in [0, 0.1) is 0 Å². The number of para-hydroxylation sites is 1. The molecular formula is C13H11NO3. The molecule has 0 aliphatic carbocycles. The Morgan fingerprint density at radius 1 is 1.47 bits per heavy atom. The number of aromatic nitrogens is 1. The summed E-state index contributed by atoms with van der Waals surface area (Å²) in [7, 11) is 0. The summed E-state index contributed by atoms with van der Waals surface area (Å²) in [6, 6.07) is 7.06. The van der Waals surface area contributed by atoms with Crippen LogP contribution in [0.25, 0.3) is 10.9 Å². The van der Waals surface area contributed by atoms with Crippen LogP contribution in [0.5, 0.6) is 5.75 Å². The SMILES string of the molecule is C=CCOc1cnc2ccccc2c1C(=O)O. The van der Waals surface area contributed by atoms with Gasteiger partial charge in [-0.15, -0.1) is 0 Å². The van der Waals surface area contributed by atoms with Crippen LogP contribution >= 0.6 is 0 Å². The Morgan fingerprint density at radius 2 is 2.24 bits per heavy atom. The van der Waals surface area contributed by atoms with Crippen LogP contribution in [-0.4, -0.2) is 22.7 Å². The van der Waals surface area contributed by atoms with Crippen molar-refractivity contribution in [2.24, 2.45) is 0 Å². The van der Waals surface area contributed by atoms with E-state index in [4.69, 9.17) is 4.74 Å². The standard InChI is InChI=1S/C13H11NO3/c1-2-7-17-11-8-14-10-6-4-3-5-9(10)12(11)13(15)16/h2-6,8H,1,7H2,(H,15,16). The summed E-state index contributed by atoms with van der Waals surface area (Å²) in [6.45, 7) is 3.77. The molecule has 1 N–H and O–H groups in total. The number of rotatable bonds is 4. The number of fused-ring (bicyclic) bond motifs is 1. The summed E-state index contributed by atoms with van der Waals surface area (Å²) in [6.07, 6.45) is 2.98. The molecule has 0 aliphatic heterocycles. The fraction of sp³-hybridized carbons (Fsp3) is 0.0769. The Balaban J connectivity index is 2.64. The largest absolute Gasteiger partial charge is 0.487 e. The highest BCUT2D eigenvalue weighted by molar-refractivity contribution is 6.04. The molecule has 1 aromatic carbocycles. The zero-order chi connectivity index (χ0) is 12.3. The van der Waals surface area contributed by atoms with Crippen molar-refractivity contribution in [2.75, 3.05) is 6.61 Å². The number of pyridine rings is 1. The van der Waals surface area contributed by atoms with Crippen LogP contribution in [0.4, 0.5) is 0 Å². The Bertz CT molecular complexity index is 578. The Hall–Kier alpha value is -2.36. The monoisotopic (exact) mass is 229 g/mol. The van der Waals surface area contributed by atoms with Crippen LogP contribution in [0.2, 0.25) is 0 Å². The number of carboxylic acids is 1. The molecule has 0 saturated heterocycles. The molecule has 4 nitrogen and oxygen atoms in total. The van der Waals surface area contributed by atoms with Gasteiger partial charge in [0.1, 0.15) is 12.2 Å². The molecule has 0 spiro atoms. The number of benzene rings is 1. The van der Waals surface area contributed by atoms with Crippen molar-refractivity contribution >= 4 is 16.9 Å². The Morgan fingerprint density at radius 3 is 2.94 bits per heavy atom. The van der Waals surface area contributed by atoms with E-state index in [-0.39, 0.29) is 17.9 Å². The van der Waals surface area contributed by atoms with Gasteiger partial charge in [-0.1, -0.05) is 30.9 Å². The summed E-state index contributed by atoms with van der Waals surface area (Å²) in [4.78, 5) is 15.4. The molecule has 0 amide bonds. The summed E-state index contributed by atoms with van der Waals surface area (Å²) in [5.74, 6) is -0.765. The van der Waals surface area contributed by atoms with Gasteiger partial charge in [-0.3, -0.25) is 4.98 Å². The van der Waals surface area contributed by atoms with Gasteiger partial charge in [0.05, 0.1) is 11.7 Å². The van der Waals surface area contributed by atoms with E-state index < -0.39 is 5.97 Å². The van der Waals surface area contributed by atoms with Crippen molar-refractivity contribution in [1.82, 2.24) is 4.98 Å². The topological polar surface area (TPSA) is 59.4 Å². The molecule has 1 heterocycles. The van der Waals surface area contributed by atoms with E-state index in [0.717, 1.165) is 0 Å². The van der Waals surface area contributed by atoms with E-state index in [0.29, 0.717) is 10.9 Å². The summed E-state index contributed by atoms with van der Waals surface area (Å²) < 4.78 is 5.29. The Labute approximate surface area is 98.2 Å². The molecule has 0 saturated carbocycles. The van der Waals surface area contributed by atoms with Crippen LogP contribution in [0.15, 0.2) is 43.1 Å². The van der Waals surface area contributed by atoms with Crippen molar-refractivity contribution < 1.29 is 14.6 Å². The molecule has 0 atom stereocenters. The zero-order valence-corrected chi connectivity index (χ0v) is 9.09. The second kappa shape index (κ2) is 4.65. The summed E-state index contributed by atoms with van der Waals surface area (Å²) in [5.41, 5.74) is 0.772. The van der Waals surface area contributed by atoms with Crippen molar-refractivity contribution in [3.8, 4) is 5.75 Å². The predicted octanol–water partition coefficient (Wildman–Crippen LogP) is 2.50. The maximum absolute atomic E-state index is 11.3. The zero-order valence-electron chi connectivity index (χ0n) is 9.09. The normalized spacial score (nSPS) is 10.1. The molecule has 2 rings (SSSR count). The van der Waals surface area contributed by atoms with Gasteiger partial charge in [-0.25, -0.2) is 4.79 Å². The highest BCUT2D eigenvalue weighted by Gasteiger charge is 2.16. The number of aromatic carboxylic acids is 1. The van der Waals surface area contributed by atoms with Gasteiger partial charge < -0.3 is 9.84 Å². The molecule has 1 aromatic heterocycles. The van der Waals surface area contributed by atoms with Crippen molar-refractivity contribution in [2.45, 2.75) is 0 Å². The quantitative estimate of drug-likeness (QED) is 0.818. The number of ether oxygens (including phenoxy) is 1. The lowest BCUT2D eigenvalue weighted by Gasteiger charge is -2.09. The highest BCUT2D eigenvalue weighted by atomic mass is 16.5. The maximum Gasteiger partial charge on any atom is 0.340 e. The smallest absolute Gasteiger partial charge is 0.340 e. The first-order chi connectivity index (χ1) is 8.24. The third-order valence-corrected chi connectivity index (χ3v) is 2.31. The number of hydrogen-bond donors (Lipinski definition) is 1. The molecule has 17 heavy (non-hydrogen) atoms. The van der Waals surface area contributed by atoms with Crippen molar-refractivity contribution in [3.63, 3.8) is 0 Å². The van der Waals surface area contributed by atoms with Gasteiger partial charge in [0.15, 0.2) is 5.75 Å². The Kier molecular flexibility index (Phi) is 3.05. The van der Waals surface area contributed by atoms with Gasteiger partial charge in [0.2, 0.25) is 0 Å². The third kappa shape index (κ3) is 2.10. The average molecular weight is 229 g/mol. The van der Waals surface area contributed by atoms with Crippen LogP contribution in [-0.2, 0) is 0 Å². The minimum absolute atomic E-state index is 0.137. The van der Waals surface area contributed by atoms with Crippen LogP contribution < -0.4 is 4.74 Å². The molecule has 86 valence electrons. The van der Waals surface area contributed by atoms with Crippen LogP contribution in [0.1, 0.15) is 10.4 Å². The number of carboxylic acid groups (broad SMARTS) is 1. The lowest BCUT2D eigenvalue weighted by atomic mass is 10.1. The lowest BCUT2D eigenvalue weighted by molar-refractivity contribution is 0.0695. The molecular weight excluding hydrogens is 218 g/mol. The maximum atomic E-state index is 11.3. The first-order valence-electron chi connectivity index (χ1n) is 5.08. The minimum Gasteiger partial charge on any atom is -0.487 e. The highest BCUT2D eigenvalue weighted by Crippen LogP contribution is 2.26. The molecule has 4 heteroatoms. The third-order valence-electron chi connectivity index (χ3n) is 2.31. The molecule has 0 bridgehead atoms. The average Bonchev–Trinajstić information content (AvgIpc) is 2.35. The van der Waals surface area contributed by atoms with Gasteiger partial charge >= 0.3 is 5.97 Å². The second-order valence-corrected chi connectivity index (χ2v) is 3.42. The second-order valence-electron chi connectivity index (χ2n) is 3.42. The van der Waals surface area contributed by atoms with E-state index >= 15 is 0 Å². The molecule has 0 radical (unpaired) electrons. The summed E-state index contributed by atoms with van der Waals surface area (Å²) in [5, 5.41) is 9.80. The van der Waals surface area contributed by atoms with Gasteiger partial charge in [-0.2, -0.15) is 0 Å². The van der Waals surface area contributed by atoms with Crippen LogP contribution in [0.3, 0.4) is 0 Å². The van der Waals surface area contributed by atoms with E-state index in [1.54, 1.807) is 24.3 Å². The molecule has 0 fully saturated rings. The van der Waals surface area contributed by atoms with Gasteiger partial charge in [0.25, 0.3) is 0 Å². The molecule has 0 aliphatic rings.